The molecule has 0 amide bonds. The molecule has 0 aromatic heterocycles. The summed E-state index contributed by atoms with van der Waals surface area (Å²) < 4.78 is 16.8. The van der Waals surface area contributed by atoms with Crippen LogP contribution in [0.1, 0.15) is 37.7 Å². The van der Waals surface area contributed by atoms with Crippen LogP contribution in [0, 0.1) is 0 Å². The van der Waals surface area contributed by atoms with Crippen LogP contribution in [-0.4, -0.2) is 31.5 Å². The Morgan fingerprint density at radius 1 is 1.20 bits per heavy atom. The zero-order valence-electron chi connectivity index (χ0n) is 11.9. The third-order valence-electron chi connectivity index (χ3n) is 4.30. The molecule has 1 aromatic carbocycles. The number of ether oxygens (including phenoxy) is 3. The van der Waals surface area contributed by atoms with E-state index >= 15 is 0 Å². The van der Waals surface area contributed by atoms with Crippen LogP contribution in [0.5, 0.6) is 11.5 Å². The van der Waals surface area contributed by atoms with Crippen molar-refractivity contribution in [2.24, 2.45) is 0 Å². The quantitative estimate of drug-likeness (QED) is 0.903. The highest BCUT2D eigenvalue weighted by atomic mass is 16.5. The summed E-state index contributed by atoms with van der Waals surface area (Å²) in [5.74, 6) is 1.52. The Balaban J connectivity index is 1.87. The van der Waals surface area contributed by atoms with Gasteiger partial charge in [0.2, 0.25) is 0 Å². The zero-order valence-corrected chi connectivity index (χ0v) is 11.9. The third-order valence-corrected chi connectivity index (χ3v) is 4.30. The van der Waals surface area contributed by atoms with Crippen molar-refractivity contribution in [1.82, 2.24) is 0 Å². The van der Waals surface area contributed by atoms with E-state index in [1.54, 1.807) is 7.11 Å². The normalized spacial score (nSPS) is 29.8. The molecule has 0 radical (unpaired) electrons. The number of aliphatic hydroxyl groups is 1. The van der Waals surface area contributed by atoms with Gasteiger partial charge in [0.15, 0.2) is 11.5 Å². The van der Waals surface area contributed by atoms with E-state index in [4.69, 9.17) is 14.2 Å². The van der Waals surface area contributed by atoms with E-state index in [-0.39, 0.29) is 6.10 Å². The van der Waals surface area contributed by atoms with Crippen LogP contribution in [0.25, 0.3) is 0 Å². The lowest BCUT2D eigenvalue weighted by molar-refractivity contribution is -0.0632. The highest BCUT2D eigenvalue weighted by molar-refractivity contribution is 5.45. The second-order valence-electron chi connectivity index (χ2n) is 5.70. The number of fused-ring (bicyclic) bond motifs is 1. The molecular weight excluding hydrogens is 256 g/mol. The van der Waals surface area contributed by atoms with Gasteiger partial charge >= 0.3 is 0 Å². The Labute approximate surface area is 119 Å². The monoisotopic (exact) mass is 278 g/mol. The number of hydrogen-bond donors (Lipinski definition) is 1. The van der Waals surface area contributed by atoms with Crippen molar-refractivity contribution in [3.8, 4) is 11.5 Å². The van der Waals surface area contributed by atoms with Crippen LogP contribution in [0.15, 0.2) is 18.2 Å². The van der Waals surface area contributed by atoms with Gasteiger partial charge in [0, 0.05) is 20.0 Å². The van der Waals surface area contributed by atoms with E-state index in [1.807, 2.05) is 18.2 Å². The average molecular weight is 278 g/mol. The molecule has 1 aliphatic heterocycles. The summed E-state index contributed by atoms with van der Waals surface area (Å²) in [6, 6.07) is 5.79. The number of hydrogen-bond acceptors (Lipinski definition) is 4. The molecule has 2 atom stereocenters. The van der Waals surface area contributed by atoms with Crippen LogP contribution in [0.4, 0.5) is 0 Å². The molecule has 2 unspecified atom stereocenters. The molecule has 1 fully saturated rings. The lowest BCUT2D eigenvalue weighted by atomic mass is 9.78. The highest BCUT2D eigenvalue weighted by Gasteiger charge is 2.36. The first-order chi connectivity index (χ1) is 9.71. The van der Waals surface area contributed by atoms with Gasteiger partial charge in [-0.05, 0) is 37.0 Å². The molecule has 110 valence electrons. The summed E-state index contributed by atoms with van der Waals surface area (Å²) in [7, 11) is 1.71. The van der Waals surface area contributed by atoms with Gasteiger partial charge in [0.05, 0.1) is 24.9 Å². The van der Waals surface area contributed by atoms with Crippen LogP contribution in [-0.2, 0) is 10.3 Å². The Hall–Kier alpha value is -1.26. The minimum Gasteiger partial charge on any atom is -0.490 e. The fourth-order valence-corrected chi connectivity index (χ4v) is 3.12. The minimum atomic E-state index is -0.816. The van der Waals surface area contributed by atoms with Gasteiger partial charge in [-0.2, -0.15) is 0 Å². The summed E-state index contributed by atoms with van der Waals surface area (Å²) in [5.41, 5.74) is 0.0902. The molecule has 1 heterocycles. The van der Waals surface area contributed by atoms with Gasteiger partial charge in [0.25, 0.3) is 0 Å². The maximum Gasteiger partial charge on any atom is 0.161 e. The second-order valence-corrected chi connectivity index (χ2v) is 5.70. The molecule has 0 spiro atoms. The standard InChI is InChI=1S/C16H22O4/c1-18-13-4-2-7-16(17,11-13)12-5-6-14-15(10-12)20-9-3-8-19-14/h5-6,10,13,17H,2-4,7-9,11H2,1H3. The molecule has 4 heteroatoms. The zero-order chi connectivity index (χ0) is 14.0. The van der Waals surface area contributed by atoms with Crippen molar-refractivity contribution >= 4 is 0 Å². The highest BCUT2D eigenvalue weighted by Crippen LogP contribution is 2.41. The van der Waals surface area contributed by atoms with Crippen LogP contribution >= 0.6 is 0 Å². The largest absolute Gasteiger partial charge is 0.490 e. The Bertz CT molecular complexity index is 474. The van der Waals surface area contributed by atoms with E-state index in [0.29, 0.717) is 19.6 Å². The fraction of sp³-hybridized carbons (Fsp3) is 0.625. The summed E-state index contributed by atoms with van der Waals surface area (Å²) in [5, 5.41) is 10.9. The first-order valence-corrected chi connectivity index (χ1v) is 7.36. The summed E-state index contributed by atoms with van der Waals surface area (Å²) in [6.45, 7) is 1.35. The summed E-state index contributed by atoms with van der Waals surface area (Å²) in [4.78, 5) is 0. The van der Waals surface area contributed by atoms with Gasteiger partial charge in [0.1, 0.15) is 0 Å². The van der Waals surface area contributed by atoms with Crippen LogP contribution < -0.4 is 9.47 Å². The van der Waals surface area contributed by atoms with Crippen LogP contribution in [0.2, 0.25) is 0 Å². The topological polar surface area (TPSA) is 47.9 Å². The summed E-state index contributed by atoms with van der Waals surface area (Å²) in [6.07, 6.45) is 4.42. The van der Waals surface area contributed by atoms with Gasteiger partial charge in [-0.1, -0.05) is 6.07 Å². The number of methoxy groups -OCH3 is 1. The maximum absolute atomic E-state index is 10.9. The van der Waals surface area contributed by atoms with E-state index in [9.17, 15) is 5.11 Å². The van der Waals surface area contributed by atoms with Crippen molar-refractivity contribution in [2.45, 2.75) is 43.8 Å². The average Bonchev–Trinajstić information content (AvgIpc) is 2.71. The minimum absolute atomic E-state index is 0.129. The van der Waals surface area contributed by atoms with Gasteiger partial charge in [-0.15, -0.1) is 0 Å². The van der Waals surface area contributed by atoms with Crippen molar-refractivity contribution in [3.05, 3.63) is 23.8 Å². The predicted molar refractivity (Wildman–Crippen MR) is 75.2 cm³/mol. The fourth-order valence-electron chi connectivity index (χ4n) is 3.12. The van der Waals surface area contributed by atoms with Gasteiger partial charge in [-0.3, -0.25) is 0 Å². The molecule has 1 saturated carbocycles. The molecule has 2 aliphatic rings. The molecule has 1 aliphatic carbocycles. The van der Waals surface area contributed by atoms with Crippen molar-refractivity contribution in [2.75, 3.05) is 20.3 Å². The first-order valence-electron chi connectivity index (χ1n) is 7.36. The first kappa shape index (κ1) is 13.7. The second kappa shape index (κ2) is 5.62. The lowest BCUT2D eigenvalue weighted by Crippen LogP contribution is -2.35. The molecule has 1 aromatic rings. The number of rotatable bonds is 2. The SMILES string of the molecule is COC1CCCC(O)(c2ccc3c(c2)OCCCO3)C1. The number of benzene rings is 1. The van der Waals surface area contributed by atoms with Gasteiger partial charge < -0.3 is 19.3 Å². The Morgan fingerprint density at radius 2 is 2.00 bits per heavy atom. The van der Waals surface area contributed by atoms with Crippen molar-refractivity contribution in [1.29, 1.82) is 0 Å². The van der Waals surface area contributed by atoms with Crippen molar-refractivity contribution < 1.29 is 19.3 Å². The molecule has 0 saturated heterocycles. The van der Waals surface area contributed by atoms with E-state index in [2.05, 4.69) is 0 Å². The van der Waals surface area contributed by atoms with Crippen molar-refractivity contribution in [3.63, 3.8) is 0 Å². The van der Waals surface area contributed by atoms with E-state index in [0.717, 1.165) is 42.7 Å². The maximum atomic E-state index is 10.9. The molecule has 20 heavy (non-hydrogen) atoms. The smallest absolute Gasteiger partial charge is 0.161 e. The Kier molecular flexibility index (Phi) is 3.85. The third kappa shape index (κ3) is 2.63. The Morgan fingerprint density at radius 3 is 2.80 bits per heavy atom. The van der Waals surface area contributed by atoms with Gasteiger partial charge in [-0.25, -0.2) is 0 Å². The molecule has 4 nitrogen and oxygen atoms in total. The van der Waals surface area contributed by atoms with E-state index < -0.39 is 5.60 Å². The molecule has 3 rings (SSSR count). The predicted octanol–water partition coefficient (Wildman–Crippen LogP) is 2.62. The van der Waals surface area contributed by atoms with E-state index in [1.165, 1.54) is 0 Å². The molecule has 0 bridgehead atoms. The summed E-state index contributed by atoms with van der Waals surface area (Å²) >= 11 is 0. The lowest BCUT2D eigenvalue weighted by Gasteiger charge is -2.36. The molecular formula is C16H22O4. The molecule has 1 N–H and O–H groups in total. The van der Waals surface area contributed by atoms with Crippen LogP contribution in [0.3, 0.4) is 0 Å².